The summed E-state index contributed by atoms with van der Waals surface area (Å²) in [5.74, 6) is 0.761. The highest BCUT2D eigenvalue weighted by molar-refractivity contribution is 7.91. The van der Waals surface area contributed by atoms with Gasteiger partial charge in [-0.2, -0.15) is 0 Å². The highest BCUT2D eigenvalue weighted by Gasteiger charge is 2.41. The molecule has 2 fully saturated rings. The number of piperidine rings is 1. The molecule has 46 heavy (non-hydrogen) atoms. The number of hydrogen-bond acceptors (Lipinski definition) is 6. The number of fused-ring (bicyclic) bond motifs is 1. The Balaban J connectivity index is 1.21. The van der Waals surface area contributed by atoms with E-state index in [9.17, 15) is 13.2 Å². The lowest BCUT2D eigenvalue weighted by Crippen LogP contribution is -2.47. The predicted octanol–water partition coefficient (Wildman–Crippen LogP) is 6.55. The van der Waals surface area contributed by atoms with Crippen LogP contribution in [0, 0.1) is 12.8 Å². The van der Waals surface area contributed by atoms with Gasteiger partial charge in [-0.05, 0) is 106 Å². The Morgan fingerprint density at radius 3 is 2.37 bits per heavy atom. The molecule has 2 aromatic carbocycles. The van der Waals surface area contributed by atoms with E-state index in [0.29, 0.717) is 23.5 Å². The third-order valence-corrected chi connectivity index (χ3v) is 12.6. The van der Waals surface area contributed by atoms with E-state index in [0.717, 1.165) is 66.7 Å². The second-order valence-corrected chi connectivity index (χ2v) is 16.0. The molecular formula is C38H42N4O3S. The minimum absolute atomic E-state index is 0.0383. The molecule has 238 valence electrons. The van der Waals surface area contributed by atoms with E-state index < -0.39 is 14.8 Å². The molecule has 0 spiro atoms. The van der Waals surface area contributed by atoms with Gasteiger partial charge >= 0.3 is 0 Å². The lowest BCUT2D eigenvalue weighted by molar-refractivity contribution is 0.0702. The first-order valence-electron chi connectivity index (χ1n) is 16.3. The molecular weight excluding hydrogens is 593 g/mol. The van der Waals surface area contributed by atoms with Crippen molar-refractivity contribution in [2.45, 2.75) is 43.8 Å². The van der Waals surface area contributed by atoms with Crippen LogP contribution < -0.4 is 0 Å². The van der Waals surface area contributed by atoms with Crippen molar-refractivity contribution in [3.05, 3.63) is 107 Å². The van der Waals surface area contributed by atoms with Crippen molar-refractivity contribution in [3.63, 3.8) is 0 Å². The van der Waals surface area contributed by atoms with Crippen LogP contribution in [-0.4, -0.2) is 78.0 Å². The molecule has 0 N–H and O–H groups in total. The normalized spacial score (nSPS) is 21.8. The number of rotatable bonds is 7. The van der Waals surface area contributed by atoms with Gasteiger partial charge in [0.05, 0.1) is 0 Å². The lowest BCUT2D eigenvalue weighted by Gasteiger charge is -2.34. The van der Waals surface area contributed by atoms with Crippen molar-refractivity contribution in [2.75, 3.05) is 40.3 Å². The van der Waals surface area contributed by atoms with Gasteiger partial charge in [-0.3, -0.25) is 4.79 Å². The van der Waals surface area contributed by atoms with E-state index in [4.69, 9.17) is 0 Å². The number of aryl methyl sites for hydroxylation is 1. The molecule has 3 aliphatic rings. The van der Waals surface area contributed by atoms with Crippen LogP contribution in [0.3, 0.4) is 0 Å². The van der Waals surface area contributed by atoms with Gasteiger partial charge in [-0.15, -0.1) is 0 Å². The number of carbonyl (C=O) groups excluding carboxylic acids is 1. The molecule has 2 saturated heterocycles. The maximum atomic E-state index is 14.6. The van der Waals surface area contributed by atoms with Crippen LogP contribution in [0.5, 0.6) is 0 Å². The number of carbonyl (C=O) groups is 1. The van der Waals surface area contributed by atoms with E-state index in [1.54, 1.807) is 19.3 Å². The maximum absolute atomic E-state index is 14.6. The first-order valence-corrected chi connectivity index (χ1v) is 17.7. The number of Topliss-reactive ketones (excluding diaryl/α,β-unsaturated/α-hetero) is 1. The van der Waals surface area contributed by atoms with Crippen LogP contribution in [0.25, 0.3) is 27.7 Å². The maximum Gasteiger partial charge on any atom is 0.249 e. The van der Waals surface area contributed by atoms with Gasteiger partial charge in [0.1, 0.15) is 4.75 Å². The second-order valence-electron chi connectivity index (χ2n) is 13.7. The van der Waals surface area contributed by atoms with E-state index in [1.807, 2.05) is 61.7 Å². The number of ketones is 1. The number of likely N-dealkylation sites (tertiary alicyclic amines) is 2. The fourth-order valence-electron chi connectivity index (χ4n) is 7.43. The van der Waals surface area contributed by atoms with Crippen molar-refractivity contribution < 1.29 is 13.2 Å². The summed E-state index contributed by atoms with van der Waals surface area (Å²) in [6, 6.07) is 17.9. The molecule has 4 heterocycles. The van der Waals surface area contributed by atoms with E-state index >= 15 is 0 Å². The predicted molar refractivity (Wildman–Crippen MR) is 186 cm³/mol. The van der Waals surface area contributed by atoms with Crippen LogP contribution in [0.2, 0.25) is 0 Å². The van der Waals surface area contributed by atoms with Gasteiger partial charge < -0.3 is 9.80 Å². The minimum atomic E-state index is -3.93. The molecule has 1 aliphatic carbocycles. The Morgan fingerprint density at radius 1 is 0.957 bits per heavy atom. The molecule has 8 heteroatoms. The zero-order valence-corrected chi connectivity index (χ0v) is 27.9. The van der Waals surface area contributed by atoms with Crippen molar-refractivity contribution in [3.8, 4) is 11.1 Å². The summed E-state index contributed by atoms with van der Waals surface area (Å²) in [6.45, 7) is 7.77. The van der Waals surface area contributed by atoms with Gasteiger partial charge in [-0.1, -0.05) is 60.7 Å². The summed E-state index contributed by atoms with van der Waals surface area (Å²) in [5, 5.41) is 0.755. The monoisotopic (exact) mass is 634 g/mol. The molecule has 0 amide bonds. The molecule has 0 bridgehead atoms. The topological polar surface area (TPSA) is 75.5 Å². The number of aromatic nitrogens is 2. The zero-order chi connectivity index (χ0) is 32.2. The molecule has 2 aliphatic heterocycles. The van der Waals surface area contributed by atoms with E-state index in [2.05, 4.69) is 47.0 Å². The molecule has 4 aromatic rings. The van der Waals surface area contributed by atoms with Crippen LogP contribution in [-0.2, 0) is 10.0 Å². The fourth-order valence-corrected chi connectivity index (χ4v) is 9.08. The van der Waals surface area contributed by atoms with Crippen LogP contribution in [0.1, 0.15) is 59.2 Å². The number of nitrogens with zero attached hydrogens (tertiary/aromatic N) is 4. The summed E-state index contributed by atoms with van der Waals surface area (Å²) in [6.07, 6.45) is 12.0. The standard InChI is InChI=1S/C38H42N4O3S/c1-26-21-30(13-14-33(26)28-15-19-40(3)20-16-28)31-7-5-17-38(2,22-31)46(44,45)42-25-35(34-8-6-18-39-37(34)42)27-9-11-29(12-10-27)36(43)32-23-41(4)24-32/h5-14,18,21-22,25,28,32H,15-17,19-20,23-24H2,1-4H3. The SMILES string of the molecule is Cc1cc(C2=CC(C)(S(=O)(=O)n3cc(-c4ccc(C(=O)C5CN(C)C5)cc4)c4cccnc43)CC=C2)ccc1C1CCN(C)CC1. The Bertz CT molecular complexity index is 1980. The highest BCUT2D eigenvalue weighted by Crippen LogP contribution is 2.39. The fraction of sp³-hybridized carbons (Fsp3) is 0.368. The average molecular weight is 635 g/mol. The van der Waals surface area contributed by atoms with Crippen molar-refractivity contribution >= 4 is 32.4 Å². The van der Waals surface area contributed by atoms with Gasteiger partial charge in [0.25, 0.3) is 0 Å². The van der Waals surface area contributed by atoms with Crippen LogP contribution >= 0.6 is 0 Å². The van der Waals surface area contributed by atoms with Crippen molar-refractivity contribution in [2.24, 2.45) is 5.92 Å². The third-order valence-electron chi connectivity index (χ3n) is 10.3. The largest absolute Gasteiger partial charge is 0.306 e. The van der Waals surface area contributed by atoms with Gasteiger partial charge in [-0.25, -0.2) is 17.4 Å². The molecule has 7 rings (SSSR count). The van der Waals surface area contributed by atoms with Crippen molar-refractivity contribution in [1.82, 2.24) is 18.8 Å². The summed E-state index contributed by atoms with van der Waals surface area (Å²) >= 11 is 0. The number of allylic oxidation sites excluding steroid dienone is 3. The smallest absolute Gasteiger partial charge is 0.249 e. The highest BCUT2D eigenvalue weighted by atomic mass is 32.2. The first-order chi connectivity index (χ1) is 22.0. The summed E-state index contributed by atoms with van der Waals surface area (Å²) in [4.78, 5) is 22.0. The Hall–Kier alpha value is -3.85. The molecule has 0 radical (unpaired) electrons. The minimum Gasteiger partial charge on any atom is -0.306 e. The van der Waals surface area contributed by atoms with Gasteiger partial charge in [0, 0.05) is 47.9 Å². The van der Waals surface area contributed by atoms with E-state index in [-0.39, 0.29) is 11.7 Å². The van der Waals surface area contributed by atoms with Crippen LogP contribution in [0.15, 0.2) is 85.2 Å². The first kappa shape index (κ1) is 30.8. The van der Waals surface area contributed by atoms with E-state index in [1.165, 1.54) is 15.1 Å². The number of benzene rings is 2. The van der Waals surface area contributed by atoms with Crippen LogP contribution in [0.4, 0.5) is 0 Å². The van der Waals surface area contributed by atoms with Crippen molar-refractivity contribution in [1.29, 1.82) is 0 Å². The van der Waals surface area contributed by atoms with Gasteiger partial charge in [0.2, 0.25) is 10.0 Å². The number of pyridine rings is 1. The Labute approximate surface area is 272 Å². The average Bonchev–Trinajstić information content (AvgIpc) is 3.44. The summed E-state index contributed by atoms with van der Waals surface area (Å²) in [5.41, 5.74) is 7.31. The molecule has 0 saturated carbocycles. The Morgan fingerprint density at radius 2 is 1.67 bits per heavy atom. The third kappa shape index (κ3) is 5.36. The number of hydrogen-bond donors (Lipinski definition) is 0. The zero-order valence-electron chi connectivity index (χ0n) is 27.1. The Kier molecular flexibility index (Phi) is 7.86. The molecule has 1 atom stereocenters. The molecule has 1 unspecified atom stereocenters. The quantitative estimate of drug-likeness (QED) is 0.215. The lowest BCUT2D eigenvalue weighted by atomic mass is 9.85. The second kappa shape index (κ2) is 11.7. The molecule has 7 nitrogen and oxygen atoms in total. The summed E-state index contributed by atoms with van der Waals surface area (Å²) < 4.78 is 29.3. The molecule has 2 aromatic heterocycles. The summed E-state index contributed by atoms with van der Waals surface area (Å²) in [7, 11) is 0.270. The van der Waals surface area contributed by atoms with Gasteiger partial charge in [0.15, 0.2) is 11.4 Å².